The van der Waals surface area contributed by atoms with Gasteiger partial charge in [0, 0.05) is 11.6 Å². The second-order valence-electron chi connectivity index (χ2n) is 5.85. The Morgan fingerprint density at radius 1 is 1.18 bits per heavy atom. The molecule has 0 fully saturated rings. The number of hydrogen-bond donors (Lipinski definition) is 2. The second kappa shape index (κ2) is 8.22. The van der Waals surface area contributed by atoms with Crippen molar-refractivity contribution in [3.63, 3.8) is 0 Å². The minimum absolute atomic E-state index is 0.0380. The Kier molecular flexibility index (Phi) is 6.63. The Labute approximate surface area is 131 Å². The van der Waals surface area contributed by atoms with Gasteiger partial charge in [-0.3, -0.25) is 9.59 Å². The fourth-order valence-corrected chi connectivity index (χ4v) is 1.70. The standard InChI is InChI=1S/C17H24N2O3/c1-5-22-14-9-6-13(7-10-14)8-11-15(20)18-12-16(21)19-17(2,3)4/h6-11H,5,12H2,1-4H3,(H,18,20)(H,19,21)/b11-8+. The lowest BCUT2D eigenvalue weighted by molar-refractivity contribution is -0.124. The SMILES string of the molecule is CCOc1ccc(/C=C/C(=O)NCC(=O)NC(C)(C)C)cc1. The van der Waals surface area contributed by atoms with E-state index in [0.717, 1.165) is 11.3 Å². The zero-order valence-electron chi connectivity index (χ0n) is 13.6. The van der Waals surface area contributed by atoms with Gasteiger partial charge in [-0.25, -0.2) is 0 Å². The van der Waals surface area contributed by atoms with E-state index < -0.39 is 0 Å². The predicted octanol–water partition coefficient (Wildman–Crippen LogP) is 2.13. The number of carbonyl (C=O) groups excluding carboxylic acids is 2. The van der Waals surface area contributed by atoms with Gasteiger partial charge in [0.15, 0.2) is 0 Å². The lowest BCUT2D eigenvalue weighted by atomic mass is 10.1. The average Bonchev–Trinajstić information content (AvgIpc) is 2.43. The molecule has 0 heterocycles. The van der Waals surface area contributed by atoms with Gasteiger partial charge in [-0.05, 0) is 51.5 Å². The summed E-state index contributed by atoms with van der Waals surface area (Å²) in [7, 11) is 0. The van der Waals surface area contributed by atoms with Gasteiger partial charge in [-0.15, -0.1) is 0 Å². The van der Waals surface area contributed by atoms with E-state index in [1.165, 1.54) is 6.08 Å². The Hall–Kier alpha value is -2.30. The van der Waals surface area contributed by atoms with E-state index in [2.05, 4.69) is 10.6 Å². The smallest absolute Gasteiger partial charge is 0.244 e. The quantitative estimate of drug-likeness (QED) is 0.791. The highest BCUT2D eigenvalue weighted by atomic mass is 16.5. The molecule has 5 heteroatoms. The van der Waals surface area contributed by atoms with Crippen LogP contribution < -0.4 is 15.4 Å². The van der Waals surface area contributed by atoms with E-state index in [1.54, 1.807) is 6.08 Å². The number of nitrogens with one attached hydrogen (secondary N) is 2. The molecule has 120 valence electrons. The number of amides is 2. The molecule has 5 nitrogen and oxygen atoms in total. The Morgan fingerprint density at radius 2 is 1.82 bits per heavy atom. The maximum atomic E-state index is 11.7. The maximum absolute atomic E-state index is 11.7. The van der Waals surface area contributed by atoms with Gasteiger partial charge in [0.05, 0.1) is 13.2 Å². The highest BCUT2D eigenvalue weighted by molar-refractivity contribution is 5.94. The summed E-state index contributed by atoms with van der Waals surface area (Å²) >= 11 is 0. The largest absolute Gasteiger partial charge is 0.494 e. The van der Waals surface area contributed by atoms with E-state index in [0.29, 0.717) is 6.61 Å². The van der Waals surface area contributed by atoms with Crippen molar-refractivity contribution in [3.05, 3.63) is 35.9 Å². The van der Waals surface area contributed by atoms with Crippen LogP contribution in [-0.4, -0.2) is 30.5 Å². The van der Waals surface area contributed by atoms with Crippen LogP contribution in [0.2, 0.25) is 0 Å². The first-order valence-electron chi connectivity index (χ1n) is 7.30. The molecule has 22 heavy (non-hydrogen) atoms. The van der Waals surface area contributed by atoms with Crippen molar-refractivity contribution in [2.75, 3.05) is 13.2 Å². The summed E-state index contributed by atoms with van der Waals surface area (Å²) in [6.45, 7) is 8.17. The lowest BCUT2D eigenvalue weighted by Crippen LogP contribution is -2.45. The van der Waals surface area contributed by atoms with Gasteiger partial charge in [0.1, 0.15) is 5.75 Å². The highest BCUT2D eigenvalue weighted by Crippen LogP contribution is 2.12. The first-order chi connectivity index (χ1) is 10.3. The van der Waals surface area contributed by atoms with Crippen LogP contribution in [0.3, 0.4) is 0 Å². The second-order valence-corrected chi connectivity index (χ2v) is 5.85. The number of hydrogen-bond acceptors (Lipinski definition) is 3. The molecule has 0 spiro atoms. The zero-order valence-corrected chi connectivity index (χ0v) is 13.6. The van der Waals surface area contributed by atoms with Gasteiger partial charge in [-0.2, -0.15) is 0 Å². The van der Waals surface area contributed by atoms with E-state index in [1.807, 2.05) is 52.0 Å². The first-order valence-corrected chi connectivity index (χ1v) is 7.30. The number of rotatable bonds is 6. The highest BCUT2D eigenvalue weighted by Gasteiger charge is 2.13. The molecule has 0 radical (unpaired) electrons. The van der Waals surface area contributed by atoms with Crippen molar-refractivity contribution in [1.29, 1.82) is 0 Å². The summed E-state index contributed by atoms with van der Waals surface area (Å²) in [5.74, 6) is 0.274. The number of ether oxygens (including phenoxy) is 1. The van der Waals surface area contributed by atoms with Crippen LogP contribution in [0.5, 0.6) is 5.75 Å². The van der Waals surface area contributed by atoms with Crippen molar-refractivity contribution >= 4 is 17.9 Å². The molecule has 0 unspecified atom stereocenters. The number of benzene rings is 1. The topological polar surface area (TPSA) is 67.4 Å². The third kappa shape index (κ3) is 7.47. The van der Waals surface area contributed by atoms with Crippen molar-refractivity contribution in [2.24, 2.45) is 0 Å². The van der Waals surface area contributed by atoms with Crippen LogP contribution in [0, 0.1) is 0 Å². The van der Waals surface area contributed by atoms with E-state index in [-0.39, 0.29) is 23.9 Å². The summed E-state index contributed by atoms with van der Waals surface area (Å²) in [6.07, 6.45) is 3.09. The molecular weight excluding hydrogens is 280 g/mol. The van der Waals surface area contributed by atoms with Gasteiger partial charge in [0.2, 0.25) is 11.8 Å². The zero-order chi connectivity index (χ0) is 16.6. The lowest BCUT2D eigenvalue weighted by Gasteiger charge is -2.20. The van der Waals surface area contributed by atoms with Crippen LogP contribution in [-0.2, 0) is 9.59 Å². The van der Waals surface area contributed by atoms with Crippen LogP contribution in [0.4, 0.5) is 0 Å². The van der Waals surface area contributed by atoms with Gasteiger partial charge in [-0.1, -0.05) is 12.1 Å². The van der Waals surface area contributed by atoms with Gasteiger partial charge < -0.3 is 15.4 Å². The molecular formula is C17H24N2O3. The van der Waals surface area contributed by atoms with Crippen molar-refractivity contribution in [1.82, 2.24) is 10.6 Å². The molecule has 0 saturated carbocycles. The summed E-state index contributed by atoms with van der Waals surface area (Å²) < 4.78 is 5.34. The molecule has 0 aromatic heterocycles. The van der Waals surface area contributed by atoms with Crippen molar-refractivity contribution in [2.45, 2.75) is 33.2 Å². The van der Waals surface area contributed by atoms with Gasteiger partial charge in [0.25, 0.3) is 0 Å². The molecule has 2 amide bonds. The fourth-order valence-electron chi connectivity index (χ4n) is 1.70. The first kappa shape index (κ1) is 17.8. The third-order valence-corrected chi connectivity index (χ3v) is 2.56. The summed E-state index contributed by atoms with van der Waals surface area (Å²) in [4.78, 5) is 23.2. The van der Waals surface area contributed by atoms with Crippen molar-refractivity contribution in [3.8, 4) is 5.75 Å². The Morgan fingerprint density at radius 3 is 2.36 bits per heavy atom. The molecule has 1 aromatic carbocycles. The van der Waals surface area contributed by atoms with Crippen LogP contribution in [0.1, 0.15) is 33.3 Å². The normalized spacial score (nSPS) is 11.3. The third-order valence-electron chi connectivity index (χ3n) is 2.56. The molecule has 0 bridgehead atoms. The summed E-state index contributed by atoms with van der Waals surface area (Å²) in [5.41, 5.74) is 0.581. The van der Waals surface area contributed by atoms with Crippen LogP contribution in [0.15, 0.2) is 30.3 Å². The molecule has 1 rings (SSSR count). The van der Waals surface area contributed by atoms with Gasteiger partial charge >= 0.3 is 0 Å². The number of carbonyl (C=O) groups is 2. The van der Waals surface area contributed by atoms with E-state index in [4.69, 9.17) is 4.74 Å². The average molecular weight is 304 g/mol. The monoisotopic (exact) mass is 304 g/mol. The Balaban J connectivity index is 2.42. The summed E-state index contributed by atoms with van der Waals surface area (Å²) in [6, 6.07) is 7.41. The maximum Gasteiger partial charge on any atom is 0.244 e. The molecule has 2 N–H and O–H groups in total. The Bertz CT molecular complexity index is 528. The van der Waals surface area contributed by atoms with Crippen LogP contribution >= 0.6 is 0 Å². The van der Waals surface area contributed by atoms with Crippen LogP contribution in [0.25, 0.3) is 6.08 Å². The minimum Gasteiger partial charge on any atom is -0.494 e. The molecule has 0 atom stereocenters. The molecule has 0 saturated heterocycles. The summed E-state index contributed by atoms with van der Waals surface area (Å²) in [5, 5.41) is 5.32. The predicted molar refractivity (Wildman–Crippen MR) is 87.6 cm³/mol. The minimum atomic E-state index is -0.307. The van der Waals surface area contributed by atoms with Crippen molar-refractivity contribution < 1.29 is 14.3 Å². The van der Waals surface area contributed by atoms with E-state index >= 15 is 0 Å². The fraction of sp³-hybridized carbons (Fsp3) is 0.412. The molecule has 0 aliphatic heterocycles. The molecule has 0 aliphatic rings. The van der Waals surface area contributed by atoms with E-state index in [9.17, 15) is 9.59 Å². The molecule has 1 aromatic rings. The molecule has 0 aliphatic carbocycles.